The number of ether oxygens (including phenoxy) is 2. The van der Waals surface area contributed by atoms with Gasteiger partial charge in [-0.1, -0.05) is 11.8 Å². The molecule has 0 aromatic carbocycles. The molecular weight excluding hydrogens is 228 g/mol. The predicted octanol–water partition coefficient (Wildman–Crippen LogP) is 0.591. The normalized spacial score (nSPS) is 20.4. The van der Waals surface area contributed by atoms with Gasteiger partial charge >= 0.3 is 0 Å². The highest BCUT2D eigenvalue weighted by Gasteiger charge is 2.18. The van der Waals surface area contributed by atoms with Crippen molar-refractivity contribution in [3.8, 4) is 0 Å². The van der Waals surface area contributed by atoms with E-state index in [2.05, 4.69) is 15.5 Å². The lowest BCUT2D eigenvalue weighted by atomic mass is 10.2. The van der Waals surface area contributed by atoms with Crippen LogP contribution in [-0.4, -0.2) is 52.4 Å². The molecule has 0 amide bonds. The Morgan fingerprint density at radius 3 is 3.31 bits per heavy atom. The zero-order valence-corrected chi connectivity index (χ0v) is 10.2. The molecule has 1 aromatic rings. The first-order valence-electron chi connectivity index (χ1n) is 5.39. The molecule has 2 heterocycles. The van der Waals surface area contributed by atoms with Gasteiger partial charge in [-0.3, -0.25) is 0 Å². The Balaban J connectivity index is 1.85. The van der Waals surface area contributed by atoms with Crippen LogP contribution in [-0.2, 0) is 16.0 Å². The number of tetrazole rings is 1. The molecule has 1 unspecified atom stereocenters. The average molecular weight is 244 g/mol. The molecule has 0 radical (unpaired) electrons. The Labute approximate surface area is 98.7 Å². The van der Waals surface area contributed by atoms with E-state index in [1.165, 1.54) is 0 Å². The van der Waals surface area contributed by atoms with Crippen molar-refractivity contribution in [1.29, 1.82) is 0 Å². The topological polar surface area (TPSA) is 62.1 Å². The largest absolute Gasteiger partial charge is 0.384 e. The molecule has 2 rings (SSSR count). The lowest BCUT2D eigenvalue weighted by Crippen LogP contribution is -2.17. The van der Waals surface area contributed by atoms with Gasteiger partial charge in [0.15, 0.2) is 0 Å². The molecule has 0 spiro atoms. The molecule has 1 aliphatic rings. The number of rotatable bonds is 6. The lowest BCUT2D eigenvalue weighted by Gasteiger charge is -2.09. The zero-order valence-electron chi connectivity index (χ0n) is 9.33. The average Bonchev–Trinajstić information content (AvgIpc) is 2.92. The first-order valence-corrected chi connectivity index (χ1v) is 6.38. The number of aromatic nitrogens is 4. The molecule has 0 saturated carbocycles. The number of thioether (sulfide) groups is 1. The smallest absolute Gasteiger partial charge is 0.209 e. The maximum atomic E-state index is 5.56. The molecule has 1 aliphatic heterocycles. The molecule has 6 nitrogen and oxygen atoms in total. The van der Waals surface area contributed by atoms with Crippen LogP contribution in [0.15, 0.2) is 5.16 Å². The standard InChI is InChI=1S/C9H16N4O2S/c1-14-5-6-16-9-10-11-12-13(9)7-8-3-2-4-15-8/h8H,2-7H2,1H3. The van der Waals surface area contributed by atoms with Crippen molar-refractivity contribution in [1.82, 2.24) is 20.2 Å². The van der Waals surface area contributed by atoms with Crippen LogP contribution in [0.5, 0.6) is 0 Å². The highest BCUT2D eigenvalue weighted by atomic mass is 32.2. The van der Waals surface area contributed by atoms with E-state index in [1.54, 1.807) is 18.9 Å². The molecule has 90 valence electrons. The molecule has 1 saturated heterocycles. The first-order chi connectivity index (χ1) is 7.90. The summed E-state index contributed by atoms with van der Waals surface area (Å²) in [6.07, 6.45) is 2.51. The van der Waals surface area contributed by atoms with Gasteiger partial charge < -0.3 is 9.47 Å². The minimum atomic E-state index is 0.269. The van der Waals surface area contributed by atoms with Crippen LogP contribution in [0.4, 0.5) is 0 Å². The van der Waals surface area contributed by atoms with Crippen molar-refractivity contribution in [3.63, 3.8) is 0 Å². The van der Waals surface area contributed by atoms with Crippen LogP contribution >= 0.6 is 11.8 Å². The van der Waals surface area contributed by atoms with E-state index in [0.29, 0.717) is 6.61 Å². The minimum absolute atomic E-state index is 0.269. The molecule has 0 bridgehead atoms. The zero-order chi connectivity index (χ0) is 11.2. The van der Waals surface area contributed by atoms with Crippen molar-refractivity contribution in [3.05, 3.63) is 0 Å². The Kier molecular flexibility index (Phi) is 4.55. The van der Waals surface area contributed by atoms with Gasteiger partial charge in [0.2, 0.25) is 5.16 Å². The second kappa shape index (κ2) is 6.17. The van der Waals surface area contributed by atoms with Gasteiger partial charge in [0, 0.05) is 19.5 Å². The van der Waals surface area contributed by atoms with E-state index in [1.807, 2.05) is 4.68 Å². The van der Waals surface area contributed by atoms with Crippen molar-refractivity contribution in [2.75, 3.05) is 26.1 Å². The summed E-state index contributed by atoms with van der Waals surface area (Å²) in [6.45, 7) is 2.32. The second-order valence-corrected chi connectivity index (χ2v) is 4.68. The van der Waals surface area contributed by atoms with Gasteiger partial charge in [-0.25, -0.2) is 4.68 Å². The summed E-state index contributed by atoms with van der Waals surface area (Å²) < 4.78 is 12.4. The summed E-state index contributed by atoms with van der Waals surface area (Å²) in [4.78, 5) is 0. The van der Waals surface area contributed by atoms with E-state index in [0.717, 1.165) is 36.9 Å². The van der Waals surface area contributed by atoms with Crippen LogP contribution in [0.3, 0.4) is 0 Å². The quantitative estimate of drug-likeness (QED) is 0.539. The molecular formula is C9H16N4O2S. The van der Waals surface area contributed by atoms with Crippen molar-refractivity contribution in [2.24, 2.45) is 0 Å². The summed E-state index contributed by atoms with van der Waals surface area (Å²) >= 11 is 1.61. The minimum Gasteiger partial charge on any atom is -0.384 e. The fraction of sp³-hybridized carbons (Fsp3) is 0.889. The summed E-state index contributed by atoms with van der Waals surface area (Å²) in [7, 11) is 1.69. The summed E-state index contributed by atoms with van der Waals surface area (Å²) in [5.74, 6) is 0.863. The number of hydrogen-bond donors (Lipinski definition) is 0. The van der Waals surface area contributed by atoms with Crippen molar-refractivity contribution < 1.29 is 9.47 Å². The van der Waals surface area contributed by atoms with Crippen molar-refractivity contribution >= 4 is 11.8 Å². The Morgan fingerprint density at radius 1 is 1.62 bits per heavy atom. The van der Waals surface area contributed by atoms with E-state index >= 15 is 0 Å². The molecule has 0 N–H and O–H groups in total. The third-order valence-electron chi connectivity index (χ3n) is 2.42. The molecule has 0 aliphatic carbocycles. The third kappa shape index (κ3) is 3.16. The van der Waals surface area contributed by atoms with Gasteiger partial charge in [-0.05, 0) is 23.3 Å². The lowest BCUT2D eigenvalue weighted by molar-refractivity contribution is 0.0911. The number of methoxy groups -OCH3 is 1. The van der Waals surface area contributed by atoms with Gasteiger partial charge in [-0.15, -0.1) is 5.10 Å². The fourth-order valence-electron chi connectivity index (χ4n) is 1.61. The Morgan fingerprint density at radius 2 is 2.56 bits per heavy atom. The van der Waals surface area contributed by atoms with E-state index < -0.39 is 0 Å². The van der Waals surface area contributed by atoms with E-state index in [9.17, 15) is 0 Å². The van der Waals surface area contributed by atoms with Gasteiger partial charge in [0.1, 0.15) is 0 Å². The number of nitrogens with zero attached hydrogens (tertiary/aromatic N) is 4. The second-order valence-electron chi connectivity index (χ2n) is 3.62. The Hall–Kier alpha value is -0.660. The maximum Gasteiger partial charge on any atom is 0.209 e. The van der Waals surface area contributed by atoms with Crippen LogP contribution in [0, 0.1) is 0 Å². The van der Waals surface area contributed by atoms with E-state index in [-0.39, 0.29) is 6.10 Å². The highest BCUT2D eigenvalue weighted by Crippen LogP contribution is 2.17. The Bertz CT molecular complexity index is 314. The molecule has 1 aromatic heterocycles. The summed E-state index contributed by atoms with van der Waals surface area (Å²) in [5, 5.41) is 12.5. The summed E-state index contributed by atoms with van der Waals surface area (Å²) in [5.41, 5.74) is 0. The summed E-state index contributed by atoms with van der Waals surface area (Å²) in [6, 6.07) is 0. The van der Waals surface area contributed by atoms with Gasteiger partial charge in [-0.2, -0.15) is 0 Å². The van der Waals surface area contributed by atoms with Gasteiger partial charge in [0.25, 0.3) is 0 Å². The molecule has 7 heteroatoms. The van der Waals surface area contributed by atoms with Gasteiger partial charge in [0.05, 0.1) is 19.3 Å². The van der Waals surface area contributed by atoms with Crippen LogP contribution in [0.1, 0.15) is 12.8 Å². The molecule has 1 fully saturated rings. The monoisotopic (exact) mass is 244 g/mol. The SMILES string of the molecule is COCCSc1nnnn1CC1CCCO1. The first kappa shape index (κ1) is 11.8. The van der Waals surface area contributed by atoms with E-state index in [4.69, 9.17) is 9.47 Å². The maximum absolute atomic E-state index is 5.56. The third-order valence-corrected chi connectivity index (χ3v) is 3.34. The van der Waals surface area contributed by atoms with Crippen LogP contribution < -0.4 is 0 Å². The predicted molar refractivity (Wildman–Crippen MR) is 59.4 cm³/mol. The highest BCUT2D eigenvalue weighted by molar-refractivity contribution is 7.99. The van der Waals surface area contributed by atoms with Crippen LogP contribution in [0.25, 0.3) is 0 Å². The number of hydrogen-bond acceptors (Lipinski definition) is 6. The van der Waals surface area contributed by atoms with Crippen molar-refractivity contribution in [2.45, 2.75) is 30.6 Å². The molecule has 1 atom stereocenters. The fourth-order valence-corrected chi connectivity index (χ4v) is 2.40. The van der Waals surface area contributed by atoms with Crippen LogP contribution in [0.2, 0.25) is 0 Å². The molecule has 16 heavy (non-hydrogen) atoms.